The van der Waals surface area contributed by atoms with Crippen LogP contribution in [0.1, 0.15) is 44.8 Å². The fourth-order valence-electron chi connectivity index (χ4n) is 4.53. The van der Waals surface area contributed by atoms with Crippen LogP contribution in [0.2, 0.25) is 0 Å². The molecule has 0 radical (unpaired) electrons. The van der Waals surface area contributed by atoms with Crippen LogP contribution >= 0.6 is 0 Å². The number of aryl methyl sites for hydroxylation is 2. The van der Waals surface area contributed by atoms with E-state index in [1.54, 1.807) is 4.68 Å². The maximum absolute atomic E-state index is 13.3. The van der Waals surface area contributed by atoms with Gasteiger partial charge in [-0.25, -0.2) is 4.98 Å². The Balaban J connectivity index is 1.37. The van der Waals surface area contributed by atoms with E-state index < -0.39 is 0 Å². The third kappa shape index (κ3) is 4.17. The summed E-state index contributed by atoms with van der Waals surface area (Å²) in [5.74, 6) is -0.106. The summed E-state index contributed by atoms with van der Waals surface area (Å²) in [5.41, 5.74) is 5.28. The van der Waals surface area contributed by atoms with Gasteiger partial charge in [0, 0.05) is 37.8 Å². The molecule has 3 heterocycles. The highest BCUT2D eigenvalue weighted by Gasteiger charge is 2.20. The monoisotopic (exact) mass is 453 g/mol. The molecule has 0 spiro atoms. The van der Waals surface area contributed by atoms with Crippen LogP contribution in [-0.4, -0.2) is 44.6 Å². The molecule has 4 aromatic rings. The number of pyridine rings is 1. The van der Waals surface area contributed by atoms with E-state index in [2.05, 4.69) is 10.4 Å². The molecule has 7 heteroatoms. The summed E-state index contributed by atoms with van der Waals surface area (Å²) >= 11 is 0. The zero-order valence-electron chi connectivity index (χ0n) is 19.4. The highest BCUT2D eigenvalue weighted by Crippen LogP contribution is 2.27. The number of nitrogens with zero attached hydrogens (tertiary/aromatic N) is 4. The van der Waals surface area contributed by atoms with Gasteiger partial charge in [-0.3, -0.25) is 14.3 Å². The smallest absolute Gasteiger partial charge is 0.253 e. The summed E-state index contributed by atoms with van der Waals surface area (Å²) in [6.07, 6.45) is 2.14. The summed E-state index contributed by atoms with van der Waals surface area (Å²) in [6.45, 7) is 3.91. The Morgan fingerprint density at radius 1 is 1.00 bits per heavy atom. The average molecular weight is 454 g/mol. The first-order valence-corrected chi connectivity index (χ1v) is 11.6. The predicted molar refractivity (Wildman–Crippen MR) is 131 cm³/mol. The number of hydrogen-bond acceptors (Lipinski definition) is 4. The lowest BCUT2D eigenvalue weighted by Crippen LogP contribution is -2.27. The Morgan fingerprint density at radius 2 is 1.71 bits per heavy atom. The Kier molecular flexibility index (Phi) is 5.84. The fraction of sp³-hybridized carbons (Fsp3) is 0.259. The number of carbonyl (C=O) groups is 2. The molecule has 34 heavy (non-hydrogen) atoms. The molecule has 7 nitrogen and oxygen atoms in total. The average Bonchev–Trinajstić information content (AvgIpc) is 3.51. The second kappa shape index (κ2) is 9.09. The van der Waals surface area contributed by atoms with E-state index in [-0.39, 0.29) is 11.8 Å². The number of nitrogens with one attached hydrogen (secondary N) is 1. The van der Waals surface area contributed by atoms with Crippen molar-refractivity contribution in [3.63, 3.8) is 0 Å². The van der Waals surface area contributed by atoms with Crippen LogP contribution in [0.4, 0.5) is 0 Å². The zero-order chi connectivity index (χ0) is 23.7. The van der Waals surface area contributed by atoms with Crippen molar-refractivity contribution in [2.24, 2.45) is 7.05 Å². The summed E-state index contributed by atoms with van der Waals surface area (Å²) in [5, 5.41) is 8.27. The van der Waals surface area contributed by atoms with E-state index in [1.165, 1.54) is 0 Å². The second-order valence-electron chi connectivity index (χ2n) is 8.71. The minimum Gasteiger partial charge on any atom is -0.348 e. The Morgan fingerprint density at radius 3 is 2.41 bits per heavy atom. The van der Waals surface area contributed by atoms with Crippen molar-refractivity contribution in [1.82, 2.24) is 25.0 Å². The molecule has 0 atom stereocenters. The van der Waals surface area contributed by atoms with Gasteiger partial charge in [-0.05, 0) is 43.5 Å². The van der Waals surface area contributed by atoms with Gasteiger partial charge >= 0.3 is 0 Å². The molecule has 2 aromatic heterocycles. The van der Waals surface area contributed by atoms with Crippen molar-refractivity contribution in [2.45, 2.75) is 26.3 Å². The summed E-state index contributed by atoms with van der Waals surface area (Å²) in [4.78, 5) is 32.5. The van der Waals surface area contributed by atoms with Gasteiger partial charge in [0.25, 0.3) is 11.8 Å². The van der Waals surface area contributed by atoms with E-state index in [1.807, 2.05) is 79.5 Å². The highest BCUT2D eigenvalue weighted by atomic mass is 16.2. The third-order valence-corrected chi connectivity index (χ3v) is 6.33. The van der Waals surface area contributed by atoms with Gasteiger partial charge in [0.15, 0.2) is 5.65 Å². The van der Waals surface area contributed by atoms with Gasteiger partial charge in [0.2, 0.25) is 0 Å². The molecule has 1 aliphatic heterocycles. The Hall–Kier alpha value is -4.00. The second-order valence-corrected chi connectivity index (χ2v) is 8.71. The van der Waals surface area contributed by atoms with Crippen molar-refractivity contribution in [3.05, 3.63) is 83.0 Å². The number of fused-ring (bicyclic) bond motifs is 1. The lowest BCUT2D eigenvalue weighted by molar-refractivity contribution is 0.0792. The van der Waals surface area contributed by atoms with Crippen molar-refractivity contribution in [3.8, 4) is 11.3 Å². The molecule has 1 aliphatic rings. The number of benzene rings is 2. The molecule has 5 rings (SSSR count). The Labute approximate surface area is 198 Å². The first-order valence-electron chi connectivity index (χ1n) is 11.6. The van der Waals surface area contributed by atoms with E-state index >= 15 is 0 Å². The molecule has 1 N–H and O–H groups in total. The fourth-order valence-corrected chi connectivity index (χ4v) is 4.53. The number of amides is 2. The van der Waals surface area contributed by atoms with Gasteiger partial charge in [0.1, 0.15) is 0 Å². The molecule has 1 saturated heterocycles. The molecular formula is C27H27N5O2. The Bertz CT molecular complexity index is 1350. The van der Waals surface area contributed by atoms with Crippen LogP contribution < -0.4 is 5.32 Å². The highest BCUT2D eigenvalue weighted by molar-refractivity contribution is 6.07. The third-order valence-electron chi connectivity index (χ3n) is 6.33. The van der Waals surface area contributed by atoms with Gasteiger partial charge in [-0.2, -0.15) is 5.10 Å². The molecule has 172 valence electrons. The van der Waals surface area contributed by atoms with Crippen molar-refractivity contribution < 1.29 is 9.59 Å². The van der Waals surface area contributed by atoms with Crippen molar-refractivity contribution in [2.75, 3.05) is 13.1 Å². The largest absolute Gasteiger partial charge is 0.348 e. The molecule has 0 saturated carbocycles. The topological polar surface area (TPSA) is 80.1 Å². The van der Waals surface area contributed by atoms with Crippen molar-refractivity contribution in [1.29, 1.82) is 0 Å². The SMILES string of the molecule is Cc1nn(C)c2nc(-c3ccccc3)cc(C(=O)NCc3ccc(C(=O)N4CCCC4)cc3)c12. The maximum atomic E-state index is 13.3. The lowest BCUT2D eigenvalue weighted by Gasteiger charge is -2.15. The quantitative estimate of drug-likeness (QED) is 0.493. The summed E-state index contributed by atoms with van der Waals surface area (Å²) < 4.78 is 1.71. The summed E-state index contributed by atoms with van der Waals surface area (Å²) in [7, 11) is 1.84. The van der Waals surface area contributed by atoms with E-state index in [4.69, 9.17) is 4.98 Å². The van der Waals surface area contributed by atoms with Crippen LogP contribution in [0.5, 0.6) is 0 Å². The number of aromatic nitrogens is 3. The van der Waals surface area contributed by atoms with Crippen LogP contribution in [0.25, 0.3) is 22.3 Å². The van der Waals surface area contributed by atoms with E-state index in [0.29, 0.717) is 23.3 Å². The first kappa shape index (κ1) is 21.8. The molecule has 2 aromatic carbocycles. The molecule has 0 bridgehead atoms. The molecular weight excluding hydrogens is 426 g/mol. The van der Waals surface area contributed by atoms with Gasteiger partial charge in [0.05, 0.1) is 22.3 Å². The van der Waals surface area contributed by atoms with Crippen LogP contribution in [-0.2, 0) is 13.6 Å². The first-order chi connectivity index (χ1) is 16.5. The number of rotatable bonds is 5. The van der Waals surface area contributed by atoms with Gasteiger partial charge in [-0.15, -0.1) is 0 Å². The number of carbonyl (C=O) groups excluding carboxylic acids is 2. The normalized spacial score (nSPS) is 13.4. The summed E-state index contributed by atoms with van der Waals surface area (Å²) in [6, 6.07) is 19.1. The standard InChI is InChI=1S/C27H27N5O2/c1-18-24-22(16-23(20-8-4-3-5-9-20)29-25(24)31(2)30-18)26(33)28-17-19-10-12-21(13-11-19)27(34)32-14-6-7-15-32/h3-5,8-13,16H,6-7,14-15,17H2,1-2H3,(H,28,33). The van der Waals surface area contributed by atoms with Crippen molar-refractivity contribution >= 4 is 22.8 Å². The number of likely N-dealkylation sites (tertiary alicyclic amines) is 1. The minimum absolute atomic E-state index is 0.0766. The van der Waals surface area contributed by atoms with E-state index in [9.17, 15) is 9.59 Å². The zero-order valence-corrected chi connectivity index (χ0v) is 19.4. The van der Waals surface area contributed by atoms with Crippen LogP contribution in [0.3, 0.4) is 0 Å². The number of hydrogen-bond donors (Lipinski definition) is 1. The molecule has 1 fully saturated rings. The molecule has 2 amide bonds. The van der Waals surface area contributed by atoms with Crippen LogP contribution in [0.15, 0.2) is 60.7 Å². The molecule has 0 aliphatic carbocycles. The lowest BCUT2D eigenvalue weighted by atomic mass is 10.0. The van der Waals surface area contributed by atoms with E-state index in [0.717, 1.165) is 53.8 Å². The predicted octanol–water partition coefficient (Wildman–Crippen LogP) is 4.11. The van der Waals surface area contributed by atoms with Gasteiger partial charge < -0.3 is 10.2 Å². The minimum atomic E-state index is -0.182. The maximum Gasteiger partial charge on any atom is 0.253 e. The van der Waals surface area contributed by atoms with Crippen LogP contribution in [0, 0.1) is 6.92 Å². The molecule has 0 unspecified atom stereocenters. The van der Waals surface area contributed by atoms with Gasteiger partial charge in [-0.1, -0.05) is 42.5 Å².